The number of furan rings is 1. The van der Waals surface area contributed by atoms with Crippen LogP contribution in [0.2, 0.25) is 0 Å². The monoisotopic (exact) mass is 237 g/mol. The van der Waals surface area contributed by atoms with Gasteiger partial charge in [0.05, 0.1) is 12.8 Å². The topological polar surface area (TPSA) is 54.4 Å². The summed E-state index contributed by atoms with van der Waals surface area (Å²) in [6, 6.07) is 2.15. The molecular formula is C13H23N3O. The van der Waals surface area contributed by atoms with Crippen molar-refractivity contribution in [2.24, 2.45) is 5.73 Å². The molecule has 4 nitrogen and oxygen atoms in total. The van der Waals surface area contributed by atoms with Gasteiger partial charge in [0, 0.05) is 25.2 Å². The maximum absolute atomic E-state index is 5.52. The number of hydrogen-bond donors (Lipinski definition) is 2. The Balaban J connectivity index is 1.76. The molecule has 0 unspecified atom stereocenters. The number of nitrogens with zero attached hydrogens (tertiary/aromatic N) is 1. The van der Waals surface area contributed by atoms with Gasteiger partial charge in [-0.25, -0.2) is 0 Å². The minimum atomic E-state index is 0.668. The Kier molecular flexibility index (Phi) is 5.04. The molecule has 3 N–H and O–H groups in total. The minimum Gasteiger partial charge on any atom is -0.468 e. The van der Waals surface area contributed by atoms with Crippen LogP contribution in [0.4, 0.5) is 0 Å². The van der Waals surface area contributed by atoms with Gasteiger partial charge in [-0.05, 0) is 32.0 Å². The second kappa shape index (κ2) is 6.79. The average Bonchev–Trinajstić information content (AvgIpc) is 2.79. The SMILES string of the molecule is NCCNCc1cc(CN2CCCCC2)co1. The fourth-order valence-electron chi connectivity index (χ4n) is 2.29. The lowest BCUT2D eigenvalue weighted by Gasteiger charge is -2.25. The number of likely N-dealkylation sites (tertiary alicyclic amines) is 1. The maximum Gasteiger partial charge on any atom is 0.117 e. The van der Waals surface area contributed by atoms with E-state index in [2.05, 4.69) is 16.3 Å². The van der Waals surface area contributed by atoms with Gasteiger partial charge in [-0.15, -0.1) is 0 Å². The van der Waals surface area contributed by atoms with Crippen LogP contribution in [-0.4, -0.2) is 31.1 Å². The highest BCUT2D eigenvalue weighted by Crippen LogP contribution is 2.15. The van der Waals surface area contributed by atoms with E-state index in [1.807, 2.05) is 6.26 Å². The molecular weight excluding hydrogens is 214 g/mol. The van der Waals surface area contributed by atoms with Crippen molar-refractivity contribution in [3.8, 4) is 0 Å². The Hall–Kier alpha value is -0.840. The van der Waals surface area contributed by atoms with Crippen molar-refractivity contribution >= 4 is 0 Å². The number of nitrogens with two attached hydrogens (primary N) is 1. The van der Waals surface area contributed by atoms with E-state index in [9.17, 15) is 0 Å². The van der Waals surface area contributed by atoms with Gasteiger partial charge in [0.25, 0.3) is 0 Å². The third-order valence-corrected chi connectivity index (χ3v) is 3.18. The molecule has 17 heavy (non-hydrogen) atoms. The lowest BCUT2D eigenvalue weighted by Crippen LogP contribution is -2.28. The molecule has 0 spiro atoms. The van der Waals surface area contributed by atoms with Crippen LogP contribution in [0.15, 0.2) is 16.7 Å². The Morgan fingerprint density at radius 3 is 2.88 bits per heavy atom. The van der Waals surface area contributed by atoms with Crippen molar-refractivity contribution in [1.82, 2.24) is 10.2 Å². The third kappa shape index (κ3) is 4.15. The predicted octanol–water partition coefficient (Wildman–Crippen LogP) is 1.31. The van der Waals surface area contributed by atoms with Crippen LogP contribution in [0.25, 0.3) is 0 Å². The largest absolute Gasteiger partial charge is 0.468 e. The van der Waals surface area contributed by atoms with Crippen LogP contribution in [0, 0.1) is 0 Å². The van der Waals surface area contributed by atoms with Crippen molar-refractivity contribution in [3.63, 3.8) is 0 Å². The molecule has 96 valence electrons. The first-order valence-electron chi connectivity index (χ1n) is 6.58. The van der Waals surface area contributed by atoms with Crippen LogP contribution < -0.4 is 11.1 Å². The molecule has 1 saturated heterocycles. The van der Waals surface area contributed by atoms with E-state index in [1.165, 1.54) is 37.9 Å². The van der Waals surface area contributed by atoms with Crippen molar-refractivity contribution in [1.29, 1.82) is 0 Å². The van der Waals surface area contributed by atoms with E-state index in [0.29, 0.717) is 6.54 Å². The molecule has 2 heterocycles. The number of piperidine rings is 1. The smallest absolute Gasteiger partial charge is 0.117 e. The van der Waals surface area contributed by atoms with Crippen LogP contribution in [-0.2, 0) is 13.1 Å². The van der Waals surface area contributed by atoms with Crippen molar-refractivity contribution in [2.75, 3.05) is 26.2 Å². The summed E-state index contributed by atoms with van der Waals surface area (Å²) in [5, 5.41) is 3.24. The van der Waals surface area contributed by atoms with Crippen molar-refractivity contribution in [3.05, 3.63) is 23.7 Å². The Morgan fingerprint density at radius 1 is 1.29 bits per heavy atom. The summed E-state index contributed by atoms with van der Waals surface area (Å²) in [5.41, 5.74) is 6.71. The summed E-state index contributed by atoms with van der Waals surface area (Å²) in [6.07, 6.45) is 5.94. The molecule has 0 saturated carbocycles. The maximum atomic E-state index is 5.52. The quantitative estimate of drug-likeness (QED) is 0.733. The van der Waals surface area contributed by atoms with E-state index >= 15 is 0 Å². The molecule has 0 aliphatic carbocycles. The van der Waals surface area contributed by atoms with Gasteiger partial charge in [-0.1, -0.05) is 6.42 Å². The van der Waals surface area contributed by atoms with Crippen molar-refractivity contribution in [2.45, 2.75) is 32.4 Å². The third-order valence-electron chi connectivity index (χ3n) is 3.18. The lowest BCUT2D eigenvalue weighted by atomic mass is 10.1. The van der Waals surface area contributed by atoms with Gasteiger partial charge in [0.15, 0.2) is 0 Å². The minimum absolute atomic E-state index is 0.668. The Bertz CT molecular complexity index is 318. The number of hydrogen-bond acceptors (Lipinski definition) is 4. The van der Waals surface area contributed by atoms with E-state index in [-0.39, 0.29) is 0 Å². The van der Waals surface area contributed by atoms with Gasteiger partial charge in [0.1, 0.15) is 5.76 Å². The molecule has 1 fully saturated rings. The molecule has 0 aromatic carbocycles. The fraction of sp³-hybridized carbons (Fsp3) is 0.692. The second-order valence-corrected chi connectivity index (χ2v) is 4.72. The highest BCUT2D eigenvalue weighted by Gasteiger charge is 2.11. The van der Waals surface area contributed by atoms with Gasteiger partial charge < -0.3 is 15.5 Å². The van der Waals surface area contributed by atoms with Gasteiger partial charge in [0.2, 0.25) is 0 Å². The zero-order valence-corrected chi connectivity index (χ0v) is 10.5. The predicted molar refractivity (Wildman–Crippen MR) is 68.6 cm³/mol. The summed E-state index contributed by atoms with van der Waals surface area (Å²) in [5.74, 6) is 1.01. The summed E-state index contributed by atoms with van der Waals surface area (Å²) < 4.78 is 5.52. The summed E-state index contributed by atoms with van der Waals surface area (Å²) in [6.45, 7) is 5.76. The summed E-state index contributed by atoms with van der Waals surface area (Å²) in [4.78, 5) is 2.51. The molecule has 0 atom stereocenters. The van der Waals surface area contributed by atoms with E-state index in [1.54, 1.807) is 0 Å². The number of rotatable bonds is 6. The average molecular weight is 237 g/mol. The molecule has 0 radical (unpaired) electrons. The lowest BCUT2D eigenvalue weighted by molar-refractivity contribution is 0.220. The molecule has 4 heteroatoms. The Labute approximate surface area is 103 Å². The molecule has 1 aromatic heterocycles. The van der Waals surface area contributed by atoms with Crippen LogP contribution in [0.5, 0.6) is 0 Å². The van der Waals surface area contributed by atoms with E-state index < -0.39 is 0 Å². The molecule has 1 aromatic rings. The highest BCUT2D eigenvalue weighted by atomic mass is 16.3. The summed E-state index contributed by atoms with van der Waals surface area (Å²) >= 11 is 0. The second-order valence-electron chi connectivity index (χ2n) is 4.72. The molecule has 0 amide bonds. The van der Waals surface area contributed by atoms with Gasteiger partial charge in [-0.3, -0.25) is 4.90 Å². The Morgan fingerprint density at radius 2 is 2.12 bits per heavy atom. The van der Waals surface area contributed by atoms with Crippen LogP contribution in [0.1, 0.15) is 30.6 Å². The summed E-state index contributed by atoms with van der Waals surface area (Å²) in [7, 11) is 0. The van der Waals surface area contributed by atoms with Gasteiger partial charge >= 0.3 is 0 Å². The zero-order chi connectivity index (χ0) is 11.9. The fourth-order valence-corrected chi connectivity index (χ4v) is 2.29. The van der Waals surface area contributed by atoms with E-state index in [4.69, 9.17) is 10.2 Å². The first kappa shape index (κ1) is 12.6. The normalized spacial score (nSPS) is 17.5. The van der Waals surface area contributed by atoms with Gasteiger partial charge in [-0.2, -0.15) is 0 Å². The standard InChI is InChI=1S/C13H23N3O/c14-4-5-15-9-13-8-12(11-17-13)10-16-6-2-1-3-7-16/h8,11,15H,1-7,9-10,14H2. The van der Waals surface area contributed by atoms with E-state index in [0.717, 1.165) is 25.4 Å². The molecule has 1 aliphatic heterocycles. The molecule has 0 bridgehead atoms. The highest BCUT2D eigenvalue weighted by molar-refractivity contribution is 5.12. The number of nitrogens with one attached hydrogen (secondary N) is 1. The van der Waals surface area contributed by atoms with Crippen molar-refractivity contribution < 1.29 is 4.42 Å². The van der Waals surface area contributed by atoms with Crippen LogP contribution >= 0.6 is 0 Å². The molecule has 2 rings (SSSR count). The first-order valence-corrected chi connectivity index (χ1v) is 6.58. The zero-order valence-electron chi connectivity index (χ0n) is 10.5. The first-order chi connectivity index (χ1) is 8.38. The van der Waals surface area contributed by atoms with Crippen LogP contribution in [0.3, 0.4) is 0 Å². The molecule has 1 aliphatic rings.